The fraction of sp³-hybridized carbons (Fsp3) is 0.571. The molecule has 1 atom stereocenters. The van der Waals surface area contributed by atoms with Crippen LogP contribution in [0.5, 0.6) is 0 Å². The summed E-state index contributed by atoms with van der Waals surface area (Å²) in [5.41, 5.74) is 1.16. The number of nitrogens with one attached hydrogen (secondary N) is 1. The Kier molecular flexibility index (Phi) is 5.15. The SMILES string of the molecule is CN(Cc1ccc(F)c(Br)c1)C1CCCNCC1. The summed E-state index contributed by atoms with van der Waals surface area (Å²) >= 11 is 3.24. The number of halogens is 2. The summed E-state index contributed by atoms with van der Waals surface area (Å²) in [6.45, 7) is 3.11. The van der Waals surface area contributed by atoms with Gasteiger partial charge in [-0.15, -0.1) is 0 Å². The molecule has 2 rings (SSSR count). The zero-order valence-corrected chi connectivity index (χ0v) is 12.3. The molecule has 1 aliphatic heterocycles. The third kappa shape index (κ3) is 3.77. The van der Waals surface area contributed by atoms with E-state index in [1.165, 1.54) is 25.3 Å². The Morgan fingerprint density at radius 1 is 1.39 bits per heavy atom. The molecule has 18 heavy (non-hydrogen) atoms. The van der Waals surface area contributed by atoms with Gasteiger partial charge >= 0.3 is 0 Å². The number of nitrogens with zero attached hydrogens (tertiary/aromatic N) is 1. The average Bonchev–Trinajstić information content (AvgIpc) is 2.62. The van der Waals surface area contributed by atoms with E-state index < -0.39 is 0 Å². The van der Waals surface area contributed by atoms with Crippen LogP contribution < -0.4 is 5.32 Å². The normalized spacial score (nSPS) is 21.0. The van der Waals surface area contributed by atoms with Crippen LogP contribution in [-0.2, 0) is 6.54 Å². The van der Waals surface area contributed by atoms with Crippen LogP contribution in [-0.4, -0.2) is 31.1 Å². The highest BCUT2D eigenvalue weighted by Gasteiger charge is 2.16. The summed E-state index contributed by atoms with van der Waals surface area (Å²) in [7, 11) is 2.16. The van der Waals surface area contributed by atoms with Crippen LogP contribution in [0.4, 0.5) is 4.39 Å². The molecule has 1 saturated heterocycles. The van der Waals surface area contributed by atoms with E-state index in [4.69, 9.17) is 0 Å². The molecule has 0 radical (unpaired) electrons. The lowest BCUT2D eigenvalue weighted by Gasteiger charge is -2.27. The van der Waals surface area contributed by atoms with Crippen LogP contribution in [0.25, 0.3) is 0 Å². The first-order chi connectivity index (χ1) is 8.66. The van der Waals surface area contributed by atoms with Gasteiger partial charge in [-0.05, 0) is 73.0 Å². The molecular weight excluding hydrogens is 295 g/mol. The molecular formula is C14H20BrFN2. The number of hydrogen-bond donors (Lipinski definition) is 1. The minimum absolute atomic E-state index is 0.194. The van der Waals surface area contributed by atoms with Crippen LogP contribution >= 0.6 is 15.9 Å². The molecule has 0 bridgehead atoms. The highest BCUT2D eigenvalue weighted by molar-refractivity contribution is 9.10. The molecule has 0 aromatic heterocycles. The zero-order valence-electron chi connectivity index (χ0n) is 10.8. The summed E-state index contributed by atoms with van der Waals surface area (Å²) in [5, 5.41) is 3.43. The number of hydrogen-bond acceptors (Lipinski definition) is 2. The van der Waals surface area contributed by atoms with Gasteiger partial charge in [-0.2, -0.15) is 0 Å². The number of benzene rings is 1. The molecule has 1 aliphatic rings. The van der Waals surface area contributed by atoms with Crippen LogP contribution in [0.3, 0.4) is 0 Å². The van der Waals surface area contributed by atoms with Crippen molar-refractivity contribution in [3.63, 3.8) is 0 Å². The average molecular weight is 315 g/mol. The molecule has 0 spiro atoms. The topological polar surface area (TPSA) is 15.3 Å². The van der Waals surface area contributed by atoms with E-state index in [0.29, 0.717) is 10.5 Å². The van der Waals surface area contributed by atoms with Gasteiger partial charge in [-0.3, -0.25) is 4.90 Å². The molecule has 4 heteroatoms. The summed E-state index contributed by atoms with van der Waals surface area (Å²) < 4.78 is 13.7. The third-order valence-corrected chi connectivity index (χ3v) is 4.19. The van der Waals surface area contributed by atoms with Crippen molar-refractivity contribution in [1.29, 1.82) is 0 Å². The molecule has 1 aromatic carbocycles. The Bertz CT molecular complexity index is 389. The first-order valence-corrected chi connectivity index (χ1v) is 7.31. The monoisotopic (exact) mass is 314 g/mol. The molecule has 1 heterocycles. The first kappa shape index (κ1) is 14.0. The fourth-order valence-electron chi connectivity index (χ4n) is 2.50. The zero-order chi connectivity index (χ0) is 13.0. The second-order valence-electron chi connectivity index (χ2n) is 5.00. The van der Waals surface area contributed by atoms with Crippen molar-refractivity contribution in [1.82, 2.24) is 10.2 Å². The van der Waals surface area contributed by atoms with Crippen LogP contribution in [0, 0.1) is 5.82 Å². The second kappa shape index (κ2) is 6.64. The predicted octanol–water partition coefficient (Wildman–Crippen LogP) is 3.16. The smallest absolute Gasteiger partial charge is 0.137 e. The van der Waals surface area contributed by atoms with E-state index in [1.54, 1.807) is 0 Å². The Labute approximate surface area is 117 Å². The van der Waals surface area contributed by atoms with Gasteiger partial charge in [-0.25, -0.2) is 4.39 Å². The highest BCUT2D eigenvalue weighted by Crippen LogP contribution is 2.20. The van der Waals surface area contributed by atoms with Crippen LogP contribution in [0.1, 0.15) is 24.8 Å². The first-order valence-electron chi connectivity index (χ1n) is 6.51. The number of rotatable bonds is 3. The third-order valence-electron chi connectivity index (χ3n) is 3.58. The molecule has 0 aliphatic carbocycles. The molecule has 0 saturated carbocycles. The van der Waals surface area contributed by atoms with Gasteiger partial charge in [0.2, 0.25) is 0 Å². The summed E-state index contributed by atoms with van der Waals surface area (Å²) in [5.74, 6) is -0.194. The molecule has 1 fully saturated rings. The molecule has 1 N–H and O–H groups in total. The Hall–Kier alpha value is -0.450. The summed E-state index contributed by atoms with van der Waals surface area (Å²) in [4.78, 5) is 2.38. The summed E-state index contributed by atoms with van der Waals surface area (Å²) in [6, 6.07) is 5.90. The van der Waals surface area contributed by atoms with Gasteiger partial charge in [0.1, 0.15) is 5.82 Å². The van der Waals surface area contributed by atoms with Crippen molar-refractivity contribution in [2.75, 3.05) is 20.1 Å². The van der Waals surface area contributed by atoms with E-state index in [-0.39, 0.29) is 5.82 Å². The maximum atomic E-state index is 13.2. The van der Waals surface area contributed by atoms with Gasteiger partial charge in [0.25, 0.3) is 0 Å². The van der Waals surface area contributed by atoms with Crippen molar-refractivity contribution in [2.45, 2.75) is 31.8 Å². The van der Waals surface area contributed by atoms with Gasteiger partial charge in [-0.1, -0.05) is 6.07 Å². The minimum atomic E-state index is -0.194. The quantitative estimate of drug-likeness (QED) is 0.922. The highest BCUT2D eigenvalue weighted by atomic mass is 79.9. The molecule has 100 valence electrons. The van der Waals surface area contributed by atoms with E-state index in [2.05, 4.69) is 33.2 Å². The van der Waals surface area contributed by atoms with E-state index >= 15 is 0 Å². The summed E-state index contributed by atoms with van der Waals surface area (Å²) in [6.07, 6.45) is 3.67. The molecule has 2 nitrogen and oxygen atoms in total. The largest absolute Gasteiger partial charge is 0.317 e. The van der Waals surface area contributed by atoms with E-state index in [1.807, 2.05) is 12.1 Å². The lowest BCUT2D eigenvalue weighted by atomic mass is 10.1. The maximum Gasteiger partial charge on any atom is 0.137 e. The van der Waals surface area contributed by atoms with Gasteiger partial charge in [0, 0.05) is 12.6 Å². The van der Waals surface area contributed by atoms with Crippen LogP contribution in [0.15, 0.2) is 22.7 Å². The van der Waals surface area contributed by atoms with Crippen molar-refractivity contribution in [3.8, 4) is 0 Å². The molecule has 1 aromatic rings. The van der Waals surface area contributed by atoms with Gasteiger partial charge in [0.15, 0.2) is 0 Å². The lowest BCUT2D eigenvalue weighted by Crippen LogP contribution is -2.32. The maximum absolute atomic E-state index is 13.2. The molecule has 0 amide bonds. The molecule has 1 unspecified atom stereocenters. The Morgan fingerprint density at radius 2 is 2.22 bits per heavy atom. The van der Waals surface area contributed by atoms with Gasteiger partial charge in [0.05, 0.1) is 4.47 Å². The predicted molar refractivity (Wildman–Crippen MR) is 76.1 cm³/mol. The van der Waals surface area contributed by atoms with Crippen LogP contribution in [0.2, 0.25) is 0 Å². The Morgan fingerprint density at radius 3 is 3.00 bits per heavy atom. The Balaban J connectivity index is 1.96. The van der Waals surface area contributed by atoms with Crippen molar-refractivity contribution >= 4 is 15.9 Å². The lowest BCUT2D eigenvalue weighted by molar-refractivity contribution is 0.216. The standard InChI is InChI=1S/C14H20BrFN2/c1-18(12-3-2-7-17-8-6-12)10-11-4-5-14(16)13(15)9-11/h4-5,9,12,17H,2-3,6-8,10H2,1H3. The van der Waals surface area contributed by atoms with Gasteiger partial charge < -0.3 is 5.32 Å². The minimum Gasteiger partial charge on any atom is -0.317 e. The van der Waals surface area contributed by atoms with E-state index in [9.17, 15) is 4.39 Å². The van der Waals surface area contributed by atoms with Crippen molar-refractivity contribution in [3.05, 3.63) is 34.1 Å². The van der Waals surface area contributed by atoms with E-state index in [0.717, 1.165) is 25.2 Å². The van der Waals surface area contributed by atoms with Crippen molar-refractivity contribution < 1.29 is 4.39 Å². The second-order valence-corrected chi connectivity index (χ2v) is 5.85. The fourth-order valence-corrected chi connectivity index (χ4v) is 2.92. The van der Waals surface area contributed by atoms with Crippen molar-refractivity contribution in [2.24, 2.45) is 0 Å².